The van der Waals surface area contributed by atoms with Crippen LogP contribution in [0.4, 0.5) is 0 Å². The minimum Gasteiger partial charge on any atom is -0.486 e. The van der Waals surface area contributed by atoms with Crippen molar-refractivity contribution in [1.29, 1.82) is 0 Å². The summed E-state index contributed by atoms with van der Waals surface area (Å²) in [6, 6.07) is 17.1. The van der Waals surface area contributed by atoms with E-state index in [1.165, 1.54) is 11.1 Å². The van der Waals surface area contributed by atoms with Crippen LogP contribution in [-0.2, 0) is 6.54 Å². The van der Waals surface area contributed by atoms with Gasteiger partial charge in [0.15, 0.2) is 11.5 Å². The number of hydrogen-bond acceptors (Lipinski definition) is 3. The summed E-state index contributed by atoms with van der Waals surface area (Å²) in [6.07, 6.45) is 0. The van der Waals surface area contributed by atoms with Gasteiger partial charge in [-0.05, 0) is 29.2 Å². The van der Waals surface area contributed by atoms with E-state index in [1.54, 1.807) is 0 Å². The van der Waals surface area contributed by atoms with Crippen molar-refractivity contribution in [1.82, 2.24) is 5.32 Å². The molecule has 0 radical (unpaired) electrons. The van der Waals surface area contributed by atoms with Gasteiger partial charge in [0.05, 0.1) is 0 Å². The van der Waals surface area contributed by atoms with Crippen molar-refractivity contribution in [2.75, 3.05) is 13.2 Å². The standard InChI is InChI=1S/C19H23NO2.ClH/c1-14(2)19(16-6-4-3-5-7-16)20-13-15-8-9-17-18(12-15)22-11-10-21-17;/h3-9,12,14,19-20H,10-11,13H2,1-2H3;1H. The molecule has 23 heavy (non-hydrogen) atoms. The van der Waals surface area contributed by atoms with E-state index in [-0.39, 0.29) is 12.4 Å². The quantitative estimate of drug-likeness (QED) is 0.881. The first-order valence-electron chi connectivity index (χ1n) is 7.91. The van der Waals surface area contributed by atoms with Crippen LogP contribution >= 0.6 is 12.4 Å². The van der Waals surface area contributed by atoms with Crippen LogP contribution in [-0.4, -0.2) is 13.2 Å². The molecule has 4 heteroatoms. The van der Waals surface area contributed by atoms with Crippen LogP contribution in [0.2, 0.25) is 0 Å². The molecule has 0 saturated carbocycles. The second-order valence-corrected chi connectivity index (χ2v) is 5.99. The van der Waals surface area contributed by atoms with E-state index in [2.05, 4.69) is 61.6 Å². The maximum atomic E-state index is 5.65. The molecule has 2 aromatic carbocycles. The molecule has 3 rings (SSSR count). The largest absolute Gasteiger partial charge is 0.486 e. The third-order valence-corrected chi connectivity index (χ3v) is 3.96. The monoisotopic (exact) mass is 333 g/mol. The highest BCUT2D eigenvalue weighted by atomic mass is 35.5. The molecule has 1 atom stereocenters. The first-order chi connectivity index (χ1) is 10.7. The number of rotatable bonds is 5. The van der Waals surface area contributed by atoms with Crippen LogP contribution in [0.15, 0.2) is 48.5 Å². The van der Waals surface area contributed by atoms with Crippen molar-refractivity contribution in [2.24, 2.45) is 5.92 Å². The first-order valence-corrected chi connectivity index (χ1v) is 7.91. The lowest BCUT2D eigenvalue weighted by Crippen LogP contribution is -2.25. The summed E-state index contributed by atoms with van der Waals surface area (Å²) in [5, 5.41) is 3.66. The zero-order valence-corrected chi connectivity index (χ0v) is 14.4. The number of benzene rings is 2. The molecule has 0 aromatic heterocycles. The molecule has 0 saturated heterocycles. The molecule has 0 aliphatic carbocycles. The van der Waals surface area contributed by atoms with Gasteiger partial charge in [-0.1, -0.05) is 50.2 Å². The Morgan fingerprint density at radius 2 is 1.65 bits per heavy atom. The van der Waals surface area contributed by atoms with Gasteiger partial charge in [0.1, 0.15) is 13.2 Å². The van der Waals surface area contributed by atoms with Gasteiger partial charge in [0.25, 0.3) is 0 Å². The molecule has 0 bridgehead atoms. The van der Waals surface area contributed by atoms with Crippen LogP contribution in [0.25, 0.3) is 0 Å². The Balaban J connectivity index is 0.00000192. The van der Waals surface area contributed by atoms with Crippen LogP contribution < -0.4 is 14.8 Å². The van der Waals surface area contributed by atoms with E-state index < -0.39 is 0 Å². The Kier molecular flexibility index (Phi) is 6.31. The molecular formula is C19H24ClNO2. The van der Waals surface area contributed by atoms with E-state index in [9.17, 15) is 0 Å². The smallest absolute Gasteiger partial charge is 0.161 e. The van der Waals surface area contributed by atoms with Crippen LogP contribution in [0.5, 0.6) is 11.5 Å². The normalized spacial score (nSPS) is 14.2. The summed E-state index contributed by atoms with van der Waals surface area (Å²) < 4.78 is 11.2. The lowest BCUT2D eigenvalue weighted by atomic mass is 9.96. The molecule has 2 aromatic rings. The molecule has 1 aliphatic rings. The summed E-state index contributed by atoms with van der Waals surface area (Å²) in [6.45, 7) is 6.56. The summed E-state index contributed by atoms with van der Waals surface area (Å²) in [5.74, 6) is 2.23. The van der Waals surface area contributed by atoms with Crippen molar-refractivity contribution in [2.45, 2.75) is 26.4 Å². The Morgan fingerprint density at radius 3 is 2.35 bits per heavy atom. The molecule has 3 nitrogen and oxygen atoms in total. The predicted molar refractivity (Wildman–Crippen MR) is 95.5 cm³/mol. The van der Waals surface area contributed by atoms with Gasteiger partial charge in [0.2, 0.25) is 0 Å². The highest BCUT2D eigenvalue weighted by Gasteiger charge is 2.16. The summed E-state index contributed by atoms with van der Waals surface area (Å²) in [5.41, 5.74) is 2.54. The topological polar surface area (TPSA) is 30.5 Å². The van der Waals surface area contributed by atoms with Crippen LogP contribution in [0.3, 0.4) is 0 Å². The highest BCUT2D eigenvalue weighted by molar-refractivity contribution is 5.85. The van der Waals surface area contributed by atoms with Gasteiger partial charge in [-0.3, -0.25) is 0 Å². The Hall–Kier alpha value is -1.71. The summed E-state index contributed by atoms with van der Waals surface area (Å²) in [4.78, 5) is 0. The summed E-state index contributed by atoms with van der Waals surface area (Å²) >= 11 is 0. The van der Waals surface area contributed by atoms with E-state index in [4.69, 9.17) is 9.47 Å². The molecule has 124 valence electrons. The number of fused-ring (bicyclic) bond motifs is 1. The number of nitrogens with one attached hydrogen (secondary N) is 1. The maximum absolute atomic E-state index is 5.65. The molecule has 1 unspecified atom stereocenters. The minimum atomic E-state index is 0. The number of hydrogen-bond donors (Lipinski definition) is 1. The third kappa shape index (κ3) is 4.40. The molecule has 1 N–H and O–H groups in total. The van der Waals surface area contributed by atoms with E-state index in [0.717, 1.165) is 18.0 Å². The minimum absolute atomic E-state index is 0. The van der Waals surface area contributed by atoms with Crippen LogP contribution in [0, 0.1) is 5.92 Å². The van der Waals surface area contributed by atoms with E-state index in [0.29, 0.717) is 25.2 Å². The molecule has 0 fully saturated rings. The van der Waals surface area contributed by atoms with E-state index >= 15 is 0 Å². The predicted octanol–water partition coefficient (Wildman–Crippen LogP) is 4.37. The zero-order valence-electron chi connectivity index (χ0n) is 13.6. The lowest BCUT2D eigenvalue weighted by Gasteiger charge is -2.24. The van der Waals surface area contributed by atoms with Crippen molar-refractivity contribution in [3.8, 4) is 11.5 Å². The second kappa shape index (κ2) is 8.23. The molecule has 0 spiro atoms. The third-order valence-electron chi connectivity index (χ3n) is 3.96. The highest BCUT2D eigenvalue weighted by Crippen LogP contribution is 2.31. The Labute approximate surface area is 144 Å². The van der Waals surface area contributed by atoms with Crippen molar-refractivity contribution in [3.63, 3.8) is 0 Å². The van der Waals surface area contributed by atoms with Crippen molar-refractivity contribution in [3.05, 3.63) is 59.7 Å². The fourth-order valence-corrected chi connectivity index (χ4v) is 2.82. The van der Waals surface area contributed by atoms with Crippen molar-refractivity contribution >= 4 is 12.4 Å². The second-order valence-electron chi connectivity index (χ2n) is 5.99. The first kappa shape index (κ1) is 17.6. The fraction of sp³-hybridized carbons (Fsp3) is 0.368. The fourth-order valence-electron chi connectivity index (χ4n) is 2.82. The van der Waals surface area contributed by atoms with Gasteiger partial charge in [-0.25, -0.2) is 0 Å². The van der Waals surface area contributed by atoms with Gasteiger partial charge in [-0.2, -0.15) is 0 Å². The summed E-state index contributed by atoms with van der Waals surface area (Å²) in [7, 11) is 0. The van der Waals surface area contributed by atoms with Gasteiger partial charge >= 0.3 is 0 Å². The number of halogens is 1. The molecular weight excluding hydrogens is 310 g/mol. The van der Waals surface area contributed by atoms with E-state index in [1.807, 2.05) is 6.07 Å². The zero-order chi connectivity index (χ0) is 15.4. The van der Waals surface area contributed by atoms with Gasteiger partial charge < -0.3 is 14.8 Å². The Morgan fingerprint density at radius 1 is 0.957 bits per heavy atom. The average molecular weight is 334 g/mol. The molecule has 1 heterocycles. The molecule has 1 aliphatic heterocycles. The van der Waals surface area contributed by atoms with Gasteiger partial charge in [-0.15, -0.1) is 12.4 Å². The SMILES string of the molecule is CC(C)C(NCc1ccc2c(c1)OCCO2)c1ccccc1.Cl. The lowest BCUT2D eigenvalue weighted by molar-refractivity contribution is 0.171. The van der Waals surface area contributed by atoms with Crippen molar-refractivity contribution < 1.29 is 9.47 Å². The molecule has 0 amide bonds. The maximum Gasteiger partial charge on any atom is 0.161 e. The van der Waals surface area contributed by atoms with Gasteiger partial charge in [0, 0.05) is 12.6 Å². The Bertz CT molecular complexity index is 616. The van der Waals surface area contributed by atoms with Crippen LogP contribution in [0.1, 0.15) is 31.0 Å². The number of ether oxygens (including phenoxy) is 2. The average Bonchev–Trinajstić information content (AvgIpc) is 2.55.